The quantitative estimate of drug-likeness (QED) is 0.869. The van der Waals surface area contributed by atoms with Crippen molar-refractivity contribution in [3.8, 4) is 0 Å². The summed E-state index contributed by atoms with van der Waals surface area (Å²) in [7, 11) is 0. The molecular weight excluding hydrogens is 311 g/mol. The molecule has 106 valence electrons. The number of amides is 1. The van der Waals surface area contributed by atoms with Gasteiger partial charge in [-0.05, 0) is 54.1 Å². The zero-order chi connectivity index (χ0) is 14.4. The number of likely N-dealkylation sites (N-methyl/N-ethyl adjacent to an activating group) is 1. The Balaban J connectivity index is 2.66. The van der Waals surface area contributed by atoms with Crippen LogP contribution in [0.4, 0.5) is 4.39 Å². The third-order valence-electron chi connectivity index (χ3n) is 2.98. The molecule has 0 heterocycles. The minimum atomic E-state index is -0.412. The minimum Gasteiger partial charge on any atom is -0.348 e. The molecule has 1 atom stereocenters. The highest BCUT2D eigenvalue weighted by atomic mass is 79.9. The third-order valence-corrected chi connectivity index (χ3v) is 3.67. The molecule has 1 N–H and O–H groups in total. The second-order valence-electron chi connectivity index (χ2n) is 4.48. The fraction of sp³-hybridized carbons (Fsp3) is 0.500. The number of benzene rings is 1. The van der Waals surface area contributed by atoms with Crippen molar-refractivity contribution in [3.63, 3.8) is 0 Å². The van der Waals surface area contributed by atoms with E-state index in [0.29, 0.717) is 10.0 Å². The molecule has 0 spiro atoms. The number of nitrogens with one attached hydrogen (secondary N) is 1. The summed E-state index contributed by atoms with van der Waals surface area (Å²) in [5.41, 5.74) is 0.325. The Labute approximate surface area is 122 Å². The Bertz CT molecular complexity index is 435. The molecule has 1 unspecified atom stereocenters. The number of rotatable bonds is 6. The lowest BCUT2D eigenvalue weighted by Gasteiger charge is -2.23. The first-order chi connectivity index (χ1) is 8.97. The number of carbonyl (C=O) groups excluding carboxylic acids is 1. The number of carbonyl (C=O) groups is 1. The number of nitrogens with zero attached hydrogens (tertiary/aromatic N) is 1. The van der Waals surface area contributed by atoms with Gasteiger partial charge in [0.1, 0.15) is 5.82 Å². The Morgan fingerprint density at radius 3 is 2.63 bits per heavy atom. The van der Waals surface area contributed by atoms with Crippen LogP contribution >= 0.6 is 15.9 Å². The van der Waals surface area contributed by atoms with Gasteiger partial charge in [-0.3, -0.25) is 4.79 Å². The Morgan fingerprint density at radius 2 is 2.05 bits per heavy atom. The molecule has 1 aromatic rings. The zero-order valence-corrected chi connectivity index (χ0v) is 13.1. The van der Waals surface area contributed by atoms with Gasteiger partial charge in [-0.1, -0.05) is 13.8 Å². The van der Waals surface area contributed by atoms with E-state index in [1.807, 2.05) is 6.92 Å². The molecule has 0 aliphatic rings. The van der Waals surface area contributed by atoms with Crippen molar-refractivity contribution in [3.05, 3.63) is 34.1 Å². The Kier molecular flexibility index (Phi) is 6.45. The molecule has 0 bridgehead atoms. The summed E-state index contributed by atoms with van der Waals surface area (Å²) >= 11 is 3.26. The lowest BCUT2D eigenvalue weighted by molar-refractivity contribution is 0.0929. The van der Waals surface area contributed by atoms with Crippen molar-refractivity contribution in [2.24, 2.45) is 0 Å². The van der Waals surface area contributed by atoms with E-state index in [4.69, 9.17) is 0 Å². The summed E-state index contributed by atoms with van der Waals surface area (Å²) in [5, 5.41) is 2.89. The van der Waals surface area contributed by atoms with E-state index in [9.17, 15) is 9.18 Å². The van der Waals surface area contributed by atoms with Crippen molar-refractivity contribution in [2.45, 2.75) is 26.8 Å². The summed E-state index contributed by atoms with van der Waals surface area (Å²) in [5.74, 6) is -0.671. The van der Waals surface area contributed by atoms with Gasteiger partial charge in [0, 0.05) is 17.1 Å². The average molecular weight is 331 g/mol. The van der Waals surface area contributed by atoms with Crippen LogP contribution in [0.1, 0.15) is 31.1 Å². The highest BCUT2D eigenvalue weighted by Gasteiger charge is 2.15. The maximum absolute atomic E-state index is 13.2. The van der Waals surface area contributed by atoms with E-state index in [-0.39, 0.29) is 11.9 Å². The Hall–Kier alpha value is -0.940. The van der Waals surface area contributed by atoms with Crippen molar-refractivity contribution in [1.82, 2.24) is 10.2 Å². The van der Waals surface area contributed by atoms with E-state index in [1.54, 1.807) is 6.07 Å². The van der Waals surface area contributed by atoms with Crippen LogP contribution in [0.25, 0.3) is 0 Å². The monoisotopic (exact) mass is 330 g/mol. The second-order valence-corrected chi connectivity index (χ2v) is 5.34. The van der Waals surface area contributed by atoms with Crippen LogP contribution in [0.5, 0.6) is 0 Å². The highest BCUT2D eigenvalue weighted by molar-refractivity contribution is 9.10. The maximum atomic E-state index is 13.2. The molecular formula is C14H20BrFN2O. The summed E-state index contributed by atoms with van der Waals surface area (Å²) < 4.78 is 13.8. The predicted molar refractivity (Wildman–Crippen MR) is 78.8 cm³/mol. The van der Waals surface area contributed by atoms with Crippen LogP contribution < -0.4 is 5.32 Å². The van der Waals surface area contributed by atoms with Gasteiger partial charge in [-0.25, -0.2) is 4.39 Å². The van der Waals surface area contributed by atoms with Crippen molar-refractivity contribution in [2.75, 3.05) is 19.6 Å². The van der Waals surface area contributed by atoms with Crippen molar-refractivity contribution in [1.29, 1.82) is 0 Å². The SMILES string of the molecule is CCN(CC)CC(C)NC(=O)c1cc(F)ccc1Br. The van der Waals surface area contributed by atoms with Gasteiger partial charge in [-0.15, -0.1) is 0 Å². The first kappa shape index (κ1) is 16.1. The molecule has 0 radical (unpaired) electrons. The van der Waals surface area contributed by atoms with Gasteiger partial charge >= 0.3 is 0 Å². The average Bonchev–Trinajstić information content (AvgIpc) is 2.38. The summed E-state index contributed by atoms with van der Waals surface area (Å²) in [6, 6.07) is 4.12. The summed E-state index contributed by atoms with van der Waals surface area (Å²) in [6.07, 6.45) is 0. The molecule has 3 nitrogen and oxygen atoms in total. The Morgan fingerprint density at radius 1 is 1.42 bits per heavy atom. The fourth-order valence-electron chi connectivity index (χ4n) is 1.89. The molecule has 19 heavy (non-hydrogen) atoms. The van der Waals surface area contributed by atoms with Gasteiger partial charge in [0.05, 0.1) is 5.56 Å². The van der Waals surface area contributed by atoms with Crippen LogP contribution in [0.2, 0.25) is 0 Å². The topological polar surface area (TPSA) is 32.3 Å². The van der Waals surface area contributed by atoms with Gasteiger partial charge in [-0.2, -0.15) is 0 Å². The smallest absolute Gasteiger partial charge is 0.252 e. The molecule has 0 aliphatic carbocycles. The predicted octanol–water partition coefficient (Wildman–Crippen LogP) is 3.05. The van der Waals surface area contributed by atoms with Crippen LogP contribution in [-0.2, 0) is 0 Å². The number of hydrogen-bond acceptors (Lipinski definition) is 2. The zero-order valence-electron chi connectivity index (χ0n) is 11.5. The first-order valence-electron chi connectivity index (χ1n) is 6.46. The molecule has 5 heteroatoms. The van der Waals surface area contributed by atoms with Crippen molar-refractivity contribution < 1.29 is 9.18 Å². The first-order valence-corrected chi connectivity index (χ1v) is 7.25. The van der Waals surface area contributed by atoms with Crippen LogP contribution in [-0.4, -0.2) is 36.5 Å². The molecule has 1 amide bonds. The van der Waals surface area contributed by atoms with E-state index in [0.717, 1.165) is 19.6 Å². The molecule has 0 aromatic heterocycles. The molecule has 1 aromatic carbocycles. The lowest BCUT2D eigenvalue weighted by Crippen LogP contribution is -2.42. The molecule has 0 saturated heterocycles. The lowest BCUT2D eigenvalue weighted by atomic mass is 10.2. The highest BCUT2D eigenvalue weighted by Crippen LogP contribution is 2.17. The van der Waals surface area contributed by atoms with E-state index in [1.165, 1.54) is 12.1 Å². The van der Waals surface area contributed by atoms with E-state index >= 15 is 0 Å². The van der Waals surface area contributed by atoms with Gasteiger partial charge < -0.3 is 10.2 Å². The third kappa shape index (κ3) is 4.91. The largest absolute Gasteiger partial charge is 0.348 e. The van der Waals surface area contributed by atoms with Crippen molar-refractivity contribution >= 4 is 21.8 Å². The normalized spacial score (nSPS) is 12.5. The fourth-order valence-corrected chi connectivity index (χ4v) is 2.31. The minimum absolute atomic E-state index is 0.0163. The molecule has 0 fully saturated rings. The van der Waals surface area contributed by atoms with Gasteiger partial charge in [0.15, 0.2) is 0 Å². The van der Waals surface area contributed by atoms with Crippen LogP contribution in [0, 0.1) is 5.82 Å². The standard InChI is InChI=1S/C14H20BrFN2O/c1-4-18(5-2)9-10(3)17-14(19)12-8-11(16)6-7-13(12)15/h6-8,10H,4-5,9H2,1-3H3,(H,17,19). The van der Waals surface area contributed by atoms with Crippen LogP contribution in [0.3, 0.4) is 0 Å². The van der Waals surface area contributed by atoms with Gasteiger partial charge in [0.2, 0.25) is 0 Å². The van der Waals surface area contributed by atoms with E-state index in [2.05, 4.69) is 40.0 Å². The number of halogens is 2. The van der Waals surface area contributed by atoms with Gasteiger partial charge in [0.25, 0.3) is 5.91 Å². The molecule has 1 rings (SSSR count). The van der Waals surface area contributed by atoms with Crippen LogP contribution in [0.15, 0.2) is 22.7 Å². The van der Waals surface area contributed by atoms with E-state index < -0.39 is 5.82 Å². The second kappa shape index (κ2) is 7.60. The summed E-state index contributed by atoms with van der Waals surface area (Å²) in [6.45, 7) is 8.79. The number of hydrogen-bond donors (Lipinski definition) is 1. The summed E-state index contributed by atoms with van der Waals surface area (Å²) in [4.78, 5) is 14.3. The molecule has 0 saturated carbocycles. The molecule has 0 aliphatic heterocycles. The maximum Gasteiger partial charge on any atom is 0.252 e.